The Labute approximate surface area is 276 Å². The van der Waals surface area contributed by atoms with Crippen LogP contribution in [0.25, 0.3) is 33.0 Å². The molecule has 1 unspecified atom stereocenters. The summed E-state index contributed by atoms with van der Waals surface area (Å²) in [6, 6.07) is 58.5. The van der Waals surface area contributed by atoms with Gasteiger partial charge in [0.2, 0.25) is 0 Å². The lowest BCUT2D eigenvalue weighted by molar-refractivity contribution is 0.530. The van der Waals surface area contributed by atoms with Crippen molar-refractivity contribution in [3.8, 4) is 22.3 Å². The molecule has 0 bridgehead atoms. The monoisotopic (exact) mass is 615 g/mol. The minimum atomic E-state index is -2.61. The number of benzene rings is 7. The van der Waals surface area contributed by atoms with Gasteiger partial charge >= 0.3 is 0 Å². The quantitative estimate of drug-likeness (QED) is 0.167. The first kappa shape index (κ1) is 25.9. The van der Waals surface area contributed by atoms with Crippen LogP contribution in [0.3, 0.4) is 0 Å². The number of fused-ring (bicyclic) bond motifs is 15. The van der Waals surface area contributed by atoms with Crippen LogP contribution in [-0.2, 0) is 5.41 Å². The van der Waals surface area contributed by atoms with E-state index in [1.807, 2.05) is 0 Å². The molecule has 1 atom stereocenters. The molecule has 3 heterocycles. The van der Waals surface area contributed by atoms with Crippen LogP contribution in [0.2, 0.25) is 0 Å². The lowest BCUT2D eigenvalue weighted by Crippen LogP contribution is -2.70. The predicted octanol–water partition coefficient (Wildman–Crippen LogP) is 8.82. The highest BCUT2D eigenvalue weighted by molar-refractivity contribution is 7.24. The number of hydrogen-bond acceptors (Lipinski definition) is 1. The molecule has 11 rings (SSSR count). The zero-order valence-electron chi connectivity index (χ0n) is 26.2. The summed E-state index contributed by atoms with van der Waals surface area (Å²) in [7, 11) is -2.61. The van der Waals surface area contributed by atoms with Crippen LogP contribution in [-0.4, -0.2) is 8.07 Å². The topological polar surface area (TPSA) is 3.24 Å². The van der Waals surface area contributed by atoms with Gasteiger partial charge in [0, 0.05) is 11.1 Å². The van der Waals surface area contributed by atoms with Crippen LogP contribution in [0.1, 0.15) is 36.8 Å². The number of nitrogens with zero attached hydrogens (tertiary/aromatic N) is 1. The summed E-state index contributed by atoms with van der Waals surface area (Å²) in [5, 5.41) is 8.75. The van der Waals surface area contributed by atoms with Crippen molar-refractivity contribution in [3.63, 3.8) is 0 Å². The first-order valence-corrected chi connectivity index (χ1v) is 19.2. The Morgan fingerprint density at radius 3 is 1.62 bits per heavy atom. The second kappa shape index (κ2) is 9.21. The van der Waals surface area contributed by atoms with Crippen molar-refractivity contribution in [2.24, 2.45) is 0 Å². The lowest BCUT2D eigenvalue weighted by Gasteiger charge is -2.44. The molecule has 222 valence electrons. The molecule has 1 nitrogen and oxygen atoms in total. The third kappa shape index (κ3) is 3.15. The van der Waals surface area contributed by atoms with Crippen LogP contribution in [0.5, 0.6) is 0 Å². The Kier molecular flexibility index (Phi) is 5.09. The fourth-order valence-electron chi connectivity index (χ4n) is 10.2. The highest BCUT2D eigenvalue weighted by atomic mass is 28.3. The molecule has 4 aliphatic rings. The van der Waals surface area contributed by atoms with E-state index in [9.17, 15) is 0 Å². The highest BCUT2D eigenvalue weighted by Gasteiger charge is 2.54. The van der Waals surface area contributed by atoms with E-state index in [1.54, 1.807) is 0 Å². The smallest absolute Gasteiger partial charge is 0.182 e. The average Bonchev–Trinajstić information content (AvgIpc) is 3.81. The lowest BCUT2D eigenvalue weighted by atomic mass is 9.69. The van der Waals surface area contributed by atoms with E-state index in [0.29, 0.717) is 0 Å². The molecule has 1 fully saturated rings. The van der Waals surface area contributed by atoms with Crippen molar-refractivity contribution in [3.05, 3.63) is 163 Å². The largest absolute Gasteiger partial charge is 0.310 e. The van der Waals surface area contributed by atoms with E-state index in [1.165, 1.54) is 108 Å². The second-order valence-electron chi connectivity index (χ2n) is 14.0. The van der Waals surface area contributed by atoms with Crippen LogP contribution in [0.15, 0.2) is 152 Å². The van der Waals surface area contributed by atoms with Gasteiger partial charge in [0.25, 0.3) is 0 Å². The van der Waals surface area contributed by atoms with Gasteiger partial charge in [-0.05, 0) is 108 Å². The van der Waals surface area contributed by atoms with Crippen molar-refractivity contribution in [2.75, 3.05) is 4.90 Å². The molecule has 7 aromatic carbocycles. The minimum absolute atomic E-state index is 0.108. The van der Waals surface area contributed by atoms with Crippen LogP contribution < -0.4 is 25.6 Å². The fraction of sp³-hybridized carbons (Fsp3) is 0.111. The van der Waals surface area contributed by atoms with Gasteiger partial charge in [0.05, 0.1) is 11.4 Å². The fourth-order valence-corrected chi connectivity index (χ4v) is 15.8. The maximum Gasteiger partial charge on any atom is 0.182 e. The van der Waals surface area contributed by atoms with Gasteiger partial charge in [-0.3, -0.25) is 0 Å². The molecule has 1 aliphatic carbocycles. The summed E-state index contributed by atoms with van der Waals surface area (Å²) in [6.45, 7) is 0. The zero-order chi connectivity index (χ0) is 30.7. The van der Waals surface area contributed by atoms with E-state index >= 15 is 0 Å². The first-order valence-electron chi connectivity index (χ1n) is 17.2. The summed E-state index contributed by atoms with van der Waals surface area (Å²) in [6.07, 6.45) is 5.04. The van der Waals surface area contributed by atoms with Crippen molar-refractivity contribution in [2.45, 2.75) is 31.1 Å². The second-order valence-corrected chi connectivity index (χ2v) is 17.6. The molecular weight excluding hydrogens is 583 g/mol. The average molecular weight is 616 g/mol. The van der Waals surface area contributed by atoms with E-state index in [0.717, 1.165) is 0 Å². The minimum Gasteiger partial charge on any atom is -0.310 e. The van der Waals surface area contributed by atoms with Gasteiger partial charge in [-0.25, -0.2) is 0 Å². The van der Waals surface area contributed by atoms with E-state index < -0.39 is 8.07 Å². The first-order chi connectivity index (χ1) is 23.3. The Morgan fingerprint density at radius 2 is 0.936 bits per heavy atom. The summed E-state index contributed by atoms with van der Waals surface area (Å²) >= 11 is 0. The highest BCUT2D eigenvalue weighted by Crippen LogP contribution is 2.58. The maximum atomic E-state index is 2.60. The van der Waals surface area contributed by atoms with Crippen molar-refractivity contribution in [1.82, 2.24) is 0 Å². The predicted molar refractivity (Wildman–Crippen MR) is 199 cm³/mol. The molecule has 47 heavy (non-hydrogen) atoms. The maximum absolute atomic E-state index is 2.61. The van der Waals surface area contributed by atoms with Gasteiger partial charge < -0.3 is 4.90 Å². The molecule has 0 saturated heterocycles. The number of para-hydroxylation sites is 2. The molecule has 7 aromatic rings. The van der Waals surface area contributed by atoms with Gasteiger partial charge in [-0.2, -0.15) is 0 Å². The Morgan fingerprint density at radius 1 is 0.426 bits per heavy atom. The Bertz CT molecular complexity index is 2400. The van der Waals surface area contributed by atoms with E-state index in [-0.39, 0.29) is 5.41 Å². The van der Waals surface area contributed by atoms with Crippen LogP contribution in [0.4, 0.5) is 17.1 Å². The van der Waals surface area contributed by atoms with Gasteiger partial charge in [0.1, 0.15) is 0 Å². The number of rotatable bonds is 1. The SMILES string of the molecule is c1ccc2c(c1)-c1ccc(N3c4ccccc4C4(CCCC4)c4ccccc43)cc1[Si]21c2ccccc2-c2cc3ccccc3cc21. The summed E-state index contributed by atoms with van der Waals surface area (Å²) in [4.78, 5) is 2.59. The zero-order valence-corrected chi connectivity index (χ0v) is 27.2. The van der Waals surface area contributed by atoms with Crippen molar-refractivity contribution in [1.29, 1.82) is 0 Å². The molecule has 1 saturated carbocycles. The van der Waals surface area contributed by atoms with Gasteiger partial charge in [0.15, 0.2) is 8.07 Å². The molecular formula is C45H33NSi. The van der Waals surface area contributed by atoms with E-state index in [2.05, 4.69) is 157 Å². The molecule has 0 aromatic heterocycles. The standard InChI is InChI=1S/C45H33NSi/c1-2-14-31-28-43-36(27-30(31)13-1)34-16-4-10-22-42(34)47(43)41-21-9-3-15-33(41)35-24-23-32(29-44(35)47)46-39-19-7-5-17-37(39)45(25-11-12-26-45)38-18-6-8-20-40(38)46/h1-10,13-24,27-29H,11-12,25-26H2. The molecule has 0 amide bonds. The third-order valence-electron chi connectivity index (χ3n) is 12.0. The number of anilines is 3. The van der Waals surface area contributed by atoms with Gasteiger partial charge in [-0.1, -0.05) is 134 Å². The number of hydrogen-bond donors (Lipinski definition) is 0. The summed E-state index contributed by atoms with van der Waals surface area (Å²) in [5.74, 6) is 0. The normalized spacial score (nSPS) is 18.9. The molecule has 0 N–H and O–H groups in total. The van der Waals surface area contributed by atoms with Crippen LogP contribution >= 0.6 is 0 Å². The molecule has 2 heteroatoms. The van der Waals surface area contributed by atoms with Gasteiger partial charge in [-0.15, -0.1) is 0 Å². The molecule has 3 aliphatic heterocycles. The summed E-state index contributed by atoms with van der Waals surface area (Å²) < 4.78 is 0. The third-order valence-corrected chi connectivity index (χ3v) is 16.9. The Hall–Kier alpha value is -5.18. The Balaban J connectivity index is 1.22. The van der Waals surface area contributed by atoms with Crippen LogP contribution in [0, 0.1) is 0 Å². The van der Waals surface area contributed by atoms with E-state index in [4.69, 9.17) is 0 Å². The summed E-state index contributed by atoms with van der Waals surface area (Å²) in [5.41, 5.74) is 12.7. The molecule has 0 radical (unpaired) electrons. The molecule has 2 spiro atoms. The van der Waals surface area contributed by atoms with Crippen molar-refractivity contribution >= 4 is 56.7 Å². The van der Waals surface area contributed by atoms with Crippen molar-refractivity contribution < 1.29 is 0 Å².